The maximum atomic E-state index is 5.25. The van der Waals surface area contributed by atoms with Gasteiger partial charge in [0.05, 0.1) is 12.8 Å². The molecule has 4 heteroatoms. The number of hydrogen-bond acceptors (Lipinski definition) is 3. The predicted octanol–water partition coefficient (Wildman–Crippen LogP) is 1.24. The van der Waals surface area contributed by atoms with Crippen molar-refractivity contribution in [1.29, 1.82) is 0 Å². The number of ether oxygens (including phenoxy) is 1. The first kappa shape index (κ1) is 11.6. The number of methoxy groups -OCH3 is 1. The second-order valence-electron chi connectivity index (χ2n) is 4.66. The average Bonchev–Trinajstić information content (AvgIpc) is 3.05. The van der Waals surface area contributed by atoms with E-state index < -0.39 is 0 Å². The molecule has 0 aromatic carbocycles. The van der Waals surface area contributed by atoms with Crippen molar-refractivity contribution in [2.24, 2.45) is 13.0 Å². The van der Waals surface area contributed by atoms with Crippen molar-refractivity contribution in [3.05, 3.63) is 17.5 Å². The molecule has 1 unspecified atom stereocenters. The molecule has 90 valence electrons. The van der Waals surface area contributed by atoms with Gasteiger partial charge in [-0.2, -0.15) is 5.10 Å². The Labute approximate surface area is 97.0 Å². The third-order valence-corrected chi connectivity index (χ3v) is 3.43. The first-order valence-electron chi connectivity index (χ1n) is 5.92. The minimum absolute atomic E-state index is 0.504. The Bertz CT molecular complexity index is 344. The van der Waals surface area contributed by atoms with E-state index in [0.717, 1.165) is 19.1 Å². The maximum Gasteiger partial charge on any atom is 0.0618 e. The fourth-order valence-corrected chi connectivity index (χ4v) is 2.00. The molecule has 0 radical (unpaired) electrons. The fourth-order valence-electron chi connectivity index (χ4n) is 2.00. The van der Waals surface area contributed by atoms with Crippen LogP contribution in [-0.2, 0) is 18.3 Å². The van der Waals surface area contributed by atoms with Gasteiger partial charge in [0.25, 0.3) is 0 Å². The van der Waals surface area contributed by atoms with Gasteiger partial charge in [0.2, 0.25) is 0 Å². The molecule has 4 nitrogen and oxygen atoms in total. The molecule has 1 atom stereocenters. The summed E-state index contributed by atoms with van der Waals surface area (Å²) in [6.45, 7) is 3.81. The Morgan fingerprint density at radius 2 is 2.38 bits per heavy atom. The molecule has 1 fully saturated rings. The summed E-state index contributed by atoms with van der Waals surface area (Å²) in [5.41, 5.74) is 2.52. The highest BCUT2D eigenvalue weighted by Gasteiger charge is 2.30. The van der Waals surface area contributed by atoms with Crippen molar-refractivity contribution in [3.63, 3.8) is 0 Å². The normalized spacial score (nSPS) is 17.7. The van der Waals surface area contributed by atoms with E-state index in [1.54, 1.807) is 7.11 Å². The molecule has 0 aliphatic heterocycles. The number of rotatable bonds is 6. The van der Waals surface area contributed by atoms with Gasteiger partial charge in [0.15, 0.2) is 0 Å². The summed E-state index contributed by atoms with van der Waals surface area (Å²) >= 11 is 0. The molecule has 1 heterocycles. The van der Waals surface area contributed by atoms with Crippen molar-refractivity contribution in [2.75, 3.05) is 13.7 Å². The molecule has 16 heavy (non-hydrogen) atoms. The Morgan fingerprint density at radius 1 is 1.62 bits per heavy atom. The second kappa shape index (κ2) is 4.97. The van der Waals surface area contributed by atoms with Crippen LogP contribution < -0.4 is 5.32 Å². The van der Waals surface area contributed by atoms with Crippen LogP contribution in [0.15, 0.2) is 6.20 Å². The number of nitrogens with one attached hydrogen (secondary N) is 1. The van der Waals surface area contributed by atoms with E-state index >= 15 is 0 Å². The van der Waals surface area contributed by atoms with E-state index in [9.17, 15) is 0 Å². The summed E-state index contributed by atoms with van der Waals surface area (Å²) in [5, 5.41) is 7.82. The number of nitrogens with zero attached hydrogens (tertiary/aromatic N) is 2. The molecule has 1 aliphatic carbocycles. The molecule has 1 N–H and O–H groups in total. The number of aryl methyl sites for hydroxylation is 1. The smallest absolute Gasteiger partial charge is 0.0618 e. The molecule has 1 saturated carbocycles. The van der Waals surface area contributed by atoms with Gasteiger partial charge < -0.3 is 10.1 Å². The second-order valence-corrected chi connectivity index (χ2v) is 4.66. The average molecular weight is 223 g/mol. The van der Waals surface area contributed by atoms with Gasteiger partial charge in [-0.1, -0.05) is 0 Å². The Balaban J connectivity index is 1.87. The standard InChI is InChI=1S/C12H21N3O/c1-9-11(7-14-15(9)2)6-13-12(8-16-3)10-4-5-10/h7,10,12-13H,4-6,8H2,1-3H3. The van der Waals surface area contributed by atoms with Gasteiger partial charge in [-0.15, -0.1) is 0 Å². The molecule has 0 amide bonds. The largest absolute Gasteiger partial charge is 0.383 e. The zero-order valence-corrected chi connectivity index (χ0v) is 10.4. The van der Waals surface area contributed by atoms with Crippen LogP contribution in [0.25, 0.3) is 0 Å². The highest BCUT2D eigenvalue weighted by atomic mass is 16.5. The van der Waals surface area contributed by atoms with Gasteiger partial charge in [0, 0.05) is 38.0 Å². The minimum atomic E-state index is 0.504. The van der Waals surface area contributed by atoms with Crippen LogP contribution in [0.2, 0.25) is 0 Å². The summed E-state index contributed by atoms with van der Waals surface area (Å²) in [7, 11) is 3.75. The lowest BCUT2D eigenvalue weighted by atomic mass is 10.2. The van der Waals surface area contributed by atoms with Crippen molar-refractivity contribution in [3.8, 4) is 0 Å². The monoisotopic (exact) mass is 223 g/mol. The molecule has 1 aromatic heterocycles. The number of hydrogen-bond donors (Lipinski definition) is 1. The third-order valence-electron chi connectivity index (χ3n) is 3.43. The Morgan fingerprint density at radius 3 is 2.88 bits per heavy atom. The van der Waals surface area contributed by atoms with Crippen molar-refractivity contribution >= 4 is 0 Å². The first-order valence-corrected chi connectivity index (χ1v) is 5.92. The molecule has 1 aromatic rings. The van der Waals surface area contributed by atoms with Crippen molar-refractivity contribution in [2.45, 2.75) is 32.4 Å². The molecule has 0 saturated heterocycles. The zero-order valence-electron chi connectivity index (χ0n) is 10.4. The lowest BCUT2D eigenvalue weighted by Gasteiger charge is -2.17. The van der Waals surface area contributed by atoms with Gasteiger partial charge in [0.1, 0.15) is 0 Å². The zero-order chi connectivity index (χ0) is 11.5. The summed E-state index contributed by atoms with van der Waals surface area (Å²) in [4.78, 5) is 0. The Hall–Kier alpha value is -0.870. The van der Waals surface area contributed by atoms with Crippen molar-refractivity contribution < 1.29 is 4.74 Å². The van der Waals surface area contributed by atoms with Crippen LogP contribution in [0.5, 0.6) is 0 Å². The van der Waals surface area contributed by atoms with E-state index in [-0.39, 0.29) is 0 Å². The molecular weight excluding hydrogens is 202 g/mol. The summed E-state index contributed by atoms with van der Waals surface area (Å²) < 4.78 is 7.16. The minimum Gasteiger partial charge on any atom is -0.383 e. The highest BCUT2D eigenvalue weighted by Crippen LogP contribution is 2.32. The van der Waals surface area contributed by atoms with Gasteiger partial charge in [-0.05, 0) is 25.7 Å². The lowest BCUT2D eigenvalue weighted by Crippen LogP contribution is -2.34. The Kier molecular flexibility index (Phi) is 3.61. The van der Waals surface area contributed by atoms with Gasteiger partial charge >= 0.3 is 0 Å². The maximum absolute atomic E-state index is 5.25. The van der Waals surface area contributed by atoms with E-state index in [1.807, 2.05) is 17.9 Å². The highest BCUT2D eigenvalue weighted by molar-refractivity contribution is 5.15. The molecular formula is C12H21N3O. The lowest BCUT2D eigenvalue weighted by molar-refractivity contribution is 0.157. The van der Waals surface area contributed by atoms with E-state index in [4.69, 9.17) is 4.74 Å². The first-order chi connectivity index (χ1) is 7.72. The van der Waals surface area contributed by atoms with E-state index in [2.05, 4.69) is 17.3 Å². The predicted molar refractivity (Wildman–Crippen MR) is 63.2 cm³/mol. The molecule has 0 bridgehead atoms. The summed E-state index contributed by atoms with van der Waals surface area (Å²) in [5.74, 6) is 0.817. The van der Waals surface area contributed by atoms with Crippen LogP contribution in [0, 0.1) is 12.8 Å². The fraction of sp³-hybridized carbons (Fsp3) is 0.750. The molecule has 2 rings (SSSR count). The number of aromatic nitrogens is 2. The molecule has 0 spiro atoms. The third kappa shape index (κ3) is 2.62. The van der Waals surface area contributed by atoms with Crippen LogP contribution in [0.3, 0.4) is 0 Å². The van der Waals surface area contributed by atoms with Crippen LogP contribution in [0.1, 0.15) is 24.1 Å². The molecule has 1 aliphatic rings. The summed E-state index contributed by atoms with van der Waals surface area (Å²) in [6, 6.07) is 0.504. The van der Waals surface area contributed by atoms with Crippen molar-refractivity contribution in [1.82, 2.24) is 15.1 Å². The van der Waals surface area contributed by atoms with Crippen LogP contribution in [0.4, 0.5) is 0 Å². The van der Waals surface area contributed by atoms with Gasteiger partial charge in [-0.3, -0.25) is 4.68 Å². The van der Waals surface area contributed by atoms with Crippen LogP contribution in [-0.4, -0.2) is 29.5 Å². The van der Waals surface area contributed by atoms with Crippen LogP contribution >= 0.6 is 0 Å². The quantitative estimate of drug-likeness (QED) is 0.788. The van der Waals surface area contributed by atoms with E-state index in [0.29, 0.717) is 6.04 Å². The summed E-state index contributed by atoms with van der Waals surface area (Å²) in [6.07, 6.45) is 4.62. The van der Waals surface area contributed by atoms with Gasteiger partial charge in [-0.25, -0.2) is 0 Å². The topological polar surface area (TPSA) is 39.1 Å². The SMILES string of the molecule is COCC(NCc1cnn(C)c1C)C1CC1. The van der Waals surface area contributed by atoms with E-state index in [1.165, 1.54) is 24.1 Å².